The Bertz CT molecular complexity index is 1010. The number of likely N-dealkylation sites (N-methyl/N-ethyl adjacent to an activating group) is 1. The van der Waals surface area contributed by atoms with Gasteiger partial charge in [0.25, 0.3) is 0 Å². The number of carboxylic acids is 1. The molecule has 1 aliphatic heterocycles. The maximum atomic E-state index is 12.7. The van der Waals surface area contributed by atoms with Crippen molar-refractivity contribution < 1.29 is 24.2 Å². The summed E-state index contributed by atoms with van der Waals surface area (Å²) in [5.74, 6) is -1.58. The predicted molar refractivity (Wildman–Crippen MR) is 123 cm³/mol. The largest absolute Gasteiger partial charge is 0.481 e. The van der Waals surface area contributed by atoms with Crippen molar-refractivity contribution in [1.82, 2.24) is 15.5 Å². The zero-order valence-corrected chi connectivity index (χ0v) is 18.8. The summed E-state index contributed by atoms with van der Waals surface area (Å²) >= 11 is 0. The molecule has 8 heteroatoms. The van der Waals surface area contributed by atoms with Crippen molar-refractivity contribution >= 4 is 18.0 Å². The topological polar surface area (TPSA) is 108 Å². The van der Waals surface area contributed by atoms with Gasteiger partial charge in [0.1, 0.15) is 12.6 Å². The summed E-state index contributed by atoms with van der Waals surface area (Å²) in [7, 11) is 1.96. The Labute approximate surface area is 192 Å². The molecular weight excluding hydrogens is 422 g/mol. The fourth-order valence-electron chi connectivity index (χ4n) is 4.85. The van der Waals surface area contributed by atoms with Crippen LogP contribution in [0.4, 0.5) is 4.79 Å². The van der Waals surface area contributed by atoms with Crippen LogP contribution in [0.5, 0.6) is 0 Å². The van der Waals surface area contributed by atoms with E-state index in [1.165, 1.54) is 0 Å². The number of rotatable bonds is 7. The Balaban J connectivity index is 1.40. The quantitative estimate of drug-likeness (QED) is 0.597. The van der Waals surface area contributed by atoms with E-state index < -0.39 is 30.4 Å². The fourth-order valence-corrected chi connectivity index (χ4v) is 4.85. The molecule has 1 fully saturated rings. The van der Waals surface area contributed by atoms with Crippen LogP contribution < -0.4 is 10.6 Å². The number of alkyl carbamates (subject to hydrolysis) is 1. The number of nitrogens with one attached hydrogen (secondary N) is 2. The number of hydrogen-bond acceptors (Lipinski definition) is 5. The first kappa shape index (κ1) is 22.8. The average molecular weight is 452 g/mol. The minimum atomic E-state index is -1.21. The Morgan fingerprint density at radius 3 is 2.21 bits per heavy atom. The Hall–Kier alpha value is -3.39. The normalized spacial score (nSPS) is 20.5. The molecule has 0 saturated carbocycles. The summed E-state index contributed by atoms with van der Waals surface area (Å²) < 4.78 is 5.48. The van der Waals surface area contributed by atoms with Gasteiger partial charge in [-0.15, -0.1) is 0 Å². The van der Waals surface area contributed by atoms with Gasteiger partial charge in [0.05, 0.1) is 6.42 Å². The van der Waals surface area contributed by atoms with Crippen molar-refractivity contribution in [3.05, 3.63) is 59.7 Å². The lowest BCUT2D eigenvalue weighted by atomic mass is 9.98. The molecule has 2 aromatic carbocycles. The van der Waals surface area contributed by atoms with Gasteiger partial charge in [0.15, 0.2) is 0 Å². The molecule has 1 saturated heterocycles. The lowest BCUT2D eigenvalue weighted by molar-refractivity contribution is -0.140. The second kappa shape index (κ2) is 9.62. The number of fused-ring (bicyclic) bond motifs is 3. The van der Waals surface area contributed by atoms with E-state index >= 15 is 0 Å². The van der Waals surface area contributed by atoms with Crippen LogP contribution in [0.2, 0.25) is 0 Å². The molecule has 3 atom stereocenters. The van der Waals surface area contributed by atoms with E-state index in [1.807, 2.05) is 62.5 Å². The summed E-state index contributed by atoms with van der Waals surface area (Å²) in [4.78, 5) is 38.7. The number of nitrogens with zero attached hydrogens (tertiary/aromatic N) is 1. The van der Waals surface area contributed by atoms with Crippen LogP contribution in [-0.4, -0.2) is 66.8 Å². The lowest BCUT2D eigenvalue weighted by Crippen LogP contribution is -2.52. The van der Waals surface area contributed by atoms with E-state index in [2.05, 4.69) is 15.5 Å². The number of carboxylic acid groups (broad SMARTS) is 1. The summed E-state index contributed by atoms with van der Waals surface area (Å²) in [6.07, 6.45) is -1.33. The zero-order chi connectivity index (χ0) is 23.5. The first-order valence-corrected chi connectivity index (χ1v) is 11.2. The predicted octanol–water partition coefficient (Wildman–Crippen LogP) is 2.43. The number of likely N-dealkylation sites (tertiary alicyclic amines) is 1. The Kier molecular flexibility index (Phi) is 6.65. The third-order valence-corrected chi connectivity index (χ3v) is 6.45. The monoisotopic (exact) mass is 451 g/mol. The zero-order valence-electron chi connectivity index (χ0n) is 18.8. The molecule has 0 radical (unpaired) electrons. The standard InChI is InChI=1S/C25H29N3O5/c1-15-12-28(2)13-22(15)26-24(31)21(11-23(29)30)27-25(32)33-14-20-18-9-5-3-7-16(18)17-8-4-6-10-19(17)20/h3-10,15,20-22H,11-14H2,1-2H3,(H,26,31)(H,27,32)(H,29,30). The number of benzene rings is 2. The van der Waals surface area contributed by atoms with Crippen LogP contribution in [0.3, 0.4) is 0 Å². The van der Waals surface area contributed by atoms with Gasteiger partial charge < -0.3 is 25.4 Å². The maximum absolute atomic E-state index is 12.7. The van der Waals surface area contributed by atoms with Crippen LogP contribution >= 0.6 is 0 Å². The molecule has 2 amide bonds. The van der Waals surface area contributed by atoms with Crippen molar-refractivity contribution in [3.63, 3.8) is 0 Å². The van der Waals surface area contributed by atoms with E-state index in [4.69, 9.17) is 4.74 Å². The number of aliphatic carboxylic acids is 1. The van der Waals surface area contributed by atoms with Crippen LogP contribution in [-0.2, 0) is 14.3 Å². The van der Waals surface area contributed by atoms with Crippen LogP contribution in [0.25, 0.3) is 11.1 Å². The molecule has 3 unspecified atom stereocenters. The van der Waals surface area contributed by atoms with Gasteiger partial charge in [0.2, 0.25) is 5.91 Å². The molecule has 1 heterocycles. The van der Waals surface area contributed by atoms with Crippen molar-refractivity contribution in [2.75, 3.05) is 26.7 Å². The molecule has 8 nitrogen and oxygen atoms in total. The first-order chi connectivity index (χ1) is 15.8. The summed E-state index contributed by atoms with van der Waals surface area (Å²) in [5.41, 5.74) is 4.37. The fraction of sp³-hybridized carbons (Fsp3) is 0.400. The van der Waals surface area contributed by atoms with Gasteiger partial charge in [-0.1, -0.05) is 55.5 Å². The average Bonchev–Trinajstić information content (AvgIpc) is 3.27. The van der Waals surface area contributed by atoms with Gasteiger partial charge in [0, 0.05) is 25.0 Å². The van der Waals surface area contributed by atoms with Crippen LogP contribution in [0, 0.1) is 5.92 Å². The lowest BCUT2D eigenvalue weighted by Gasteiger charge is -2.22. The number of carbonyl (C=O) groups is 3. The number of carbonyl (C=O) groups excluding carboxylic acids is 2. The first-order valence-electron chi connectivity index (χ1n) is 11.2. The second-order valence-corrected chi connectivity index (χ2v) is 8.93. The molecule has 0 spiro atoms. The van der Waals surface area contributed by atoms with Crippen LogP contribution in [0.1, 0.15) is 30.4 Å². The SMILES string of the molecule is CC1CN(C)CC1NC(=O)C(CC(=O)O)NC(=O)OCC1c2ccccc2-c2ccccc21. The van der Waals surface area contributed by atoms with E-state index in [9.17, 15) is 19.5 Å². The molecule has 0 bridgehead atoms. The third kappa shape index (κ3) is 5.01. The Morgan fingerprint density at radius 1 is 1.06 bits per heavy atom. The molecule has 4 rings (SSSR count). The van der Waals surface area contributed by atoms with Crippen molar-refractivity contribution in [2.45, 2.75) is 31.3 Å². The third-order valence-electron chi connectivity index (χ3n) is 6.45. The molecule has 174 valence electrons. The van der Waals surface area contributed by atoms with Gasteiger partial charge in [-0.3, -0.25) is 9.59 Å². The minimum Gasteiger partial charge on any atom is -0.481 e. The maximum Gasteiger partial charge on any atom is 0.407 e. The number of hydrogen-bond donors (Lipinski definition) is 3. The molecule has 0 aromatic heterocycles. The molecule has 3 N–H and O–H groups in total. The van der Waals surface area contributed by atoms with Crippen molar-refractivity contribution in [1.29, 1.82) is 0 Å². The van der Waals surface area contributed by atoms with E-state index in [-0.39, 0.29) is 24.5 Å². The van der Waals surface area contributed by atoms with Gasteiger partial charge in [-0.2, -0.15) is 0 Å². The van der Waals surface area contributed by atoms with Gasteiger partial charge >= 0.3 is 12.1 Å². The number of ether oxygens (including phenoxy) is 1. The highest BCUT2D eigenvalue weighted by Crippen LogP contribution is 2.44. The van der Waals surface area contributed by atoms with E-state index in [0.717, 1.165) is 28.8 Å². The summed E-state index contributed by atoms with van der Waals surface area (Å²) in [6, 6.07) is 14.7. The molecular formula is C25H29N3O5. The van der Waals surface area contributed by atoms with E-state index in [1.54, 1.807) is 0 Å². The highest BCUT2D eigenvalue weighted by molar-refractivity contribution is 5.89. The summed E-state index contributed by atoms with van der Waals surface area (Å²) in [5, 5.41) is 14.6. The van der Waals surface area contributed by atoms with Crippen LogP contribution in [0.15, 0.2) is 48.5 Å². The van der Waals surface area contributed by atoms with Gasteiger partial charge in [-0.05, 0) is 35.2 Å². The highest BCUT2D eigenvalue weighted by Gasteiger charge is 2.33. The molecule has 1 aliphatic carbocycles. The summed E-state index contributed by atoms with van der Waals surface area (Å²) in [6.45, 7) is 3.64. The smallest absolute Gasteiger partial charge is 0.407 e. The van der Waals surface area contributed by atoms with Crippen molar-refractivity contribution in [3.8, 4) is 11.1 Å². The van der Waals surface area contributed by atoms with Crippen molar-refractivity contribution in [2.24, 2.45) is 5.92 Å². The van der Waals surface area contributed by atoms with Gasteiger partial charge in [-0.25, -0.2) is 4.79 Å². The molecule has 2 aromatic rings. The highest BCUT2D eigenvalue weighted by atomic mass is 16.5. The second-order valence-electron chi connectivity index (χ2n) is 8.93. The number of amides is 2. The Morgan fingerprint density at radius 2 is 1.67 bits per heavy atom. The molecule has 2 aliphatic rings. The minimum absolute atomic E-state index is 0.0890. The molecule has 33 heavy (non-hydrogen) atoms. The van der Waals surface area contributed by atoms with E-state index in [0.29, 0.717) is 6.54 Å².